The van der Waals surface area contributed by atoms with Gasteiger partial charge in [0, 0.05) is 32.3 Å². The maximum absolute atomic E-state index is 12.5. The molecule has 0 spiro atoms. The van der Waals surface area contributed by atoms with Crippen molar-refractivity contribution in [3.8, 4) is 0 Å². The third-order valence-electron chi connectivity index (χ3n) is 2.95. The minimum Gasteiger partial charge on any atom is -0.383 e. The molecule has 0 aliphatic carbocycles. The van der Waals surface area contributed by atoms with Gasteiger partial charge >= 0.3 is 0 Å². The summed E-state index contributed by atoms with van der Waals surface area (Å²) < 4.78 is 5.03. The summed E-state index contributed by atoms with van der Waals surface area (Å²) in [5.74, 6) is 0.0353. The topological polar surface area (TPSA) is 55.6 Å². The minimum absolute atomic E-state index is 0.0353. The number of carbonyl (C=O) groups excluding carboxylic acids is 1. The highest BCUT2D eigenvalue weighted by Crippen LogP contribution is 2.15. The molecule has 1 amide bonds. The Morgan fingerprint density at radius 3 is 2.39 bits per heavy atom. The molecule has 100 valence electrons. The predicted octanol–water partition coefficient (Wildman–Crippen LogP) is 1.35. The number of methoxy groups -OCH3 is 1. The Bertz CT molecular complexity index is 385. The van der Waals surface area contributed by atoms with Crippen LogP contribution in [-0.2, 0) is 4.74 Å². The maximum atomic E-state index is 12.5. The third-order valence-corrected chi connectivity index (χ3v) is 2.95. The van der Waals surface area contributed by atoms with Gasteiger partial charge in [-0.1, -0.05) is 18.2 Å². The number of nitrogens with two attached hydrogens (primary N) is 1. The minimum atomic E-state index is 0.0353. The zero-order valence-corrected chi connectivity index (χ0v) is 11.4. The van der Waals surface area contributed by atoms with Crippen LogP contribution in [0.2, 0.25) is 0 Å². The fraction of sp³-hybridized carbons (Fsp3) is 0.500. The molecular formula is C14H22N2O2. The molecular weight excluding hydrogens is 228 g/mol. The van der Waals surface area contributed by atoms with E-state index in [0.29, 0.717) is 26.2 Å². The monoisotopic (exact) mass is 250 g/mol. The van der Waals surface area contributed by atoms with Crippen molar-refractivity contribution in [3.63, 3.8) is 0 Å². The summed E-state index contributed by atoms with van der Waals surface area (Å²) in [6.07, 6.45) is 0. The molecule has 0 aliphatic rings. The highest BCUT2D eigenvalue weighted by molar-refractivity contribution is 5.97. The molecule has 1 aromatic carbocycles. The number of ether oxygens (including phenoxy) is 1. The van der Waals surface area contributed by atoms with Crippen molar-refractivity contribution < 1.29 is 9.53 Å². The first-order valence-corrected chi connectivity index (χ1v) is 6.16. The average Bonchev–Trinajstić information content (AvgIpc) is 2.34. The van der Waals surface area contributed by atoms with Crippen LogP contribution in [0.4, 0.5) is 0 Å². The number of nitrogens with zero attached hydrogens (tertiary/aromatic N) is 1. The molecule has 2 N–H and O–H groups in total. The number of rotatable bonds is 6. The molecule has 0 unspecified atom stereocenters. The van der Waals surface area contributed by atoms with Crippen molar-refractivity contribution in [1.29, 1.82) is 0 Å². The van der Waals surface area contributed by atoms with Gasteiger partial charge in [0.25, 0.3) is 5.91 Å². The van der Waals surface area contributed by atoms with E-state index in [2.05, 4.69) is 0 Å². The second-order valence-electron chi connectivity index (χ2n) is 4.34. The van der Waals surface area contributed by atoms with Crippen LogP contribution < -0.4 is 5.73 Å². The van der Waals surface area contributed by atoms with Gasteiger partial charge in [0.1, 0.15) is 0 Å². The second kappa shape index (κ2) is 7.13. The van der Waals surface area contributed by atoms with Gasteiger partial charge in [0.15, 0.2) is 0 Å². The number of amides is 1. The summed E-state index contributed by atoms with van der Waals surface area (Å²) in [6, 6.07) is 5.87. The van der Waals surface area contributed by atoms with Crippen LogP contribution in [0, 0.1) is 13.8 Å². The van der Waals surface area contributed by atoms with Gasteiger partial charge in [-0.25, -0.2) is 0 Å². The van der Waals surface area contributed by atoms with Crippen LogP contribution in [0.5, 0.6) is 0 Å². The lowest BCUT2D eigenvalue weighted by Gasteiger charge is -2.23. The van der Waals surface area contributed by atoms with Crippen molar-refractivity contribution in [1.82, 2.24) is 4.90 Å². The molecule has 0 saturated carbocycles. The summed E-state index contributed by atoms with van der Waals surface area (Å²) in [4.78, 5) is 14.2. The number of hydrogen-bond donors (Lipinski definition) is 1. The summed E-state index contributed by atoms with van der Waals surface area (Å²) in [7, 11) is 1.63. The Balaban J connectivity index is 2.94. The smallest absolute Gasteiger partial charge is 0.254 e. The molecule has 0 saturated heterocycles. The van der Waals surface area contributed by atoms with E-state index in [4.69, 9.17) is 10.5 Å². The van der Waals surface area contributed by atoms with Crippen LogP contribution >= 0.6 is 0 Å². The molecule has 1 rings (SSSR count). The number of benzene rings is 1. The Labute approximate surface area is 109 Å². The lowest BCUT2D eigenvalue weighted by molar-refractivity contribution is 0.0700. The standard InChI is InChI=1S/C14H22N2O2/c1-11-5-4-6-12(2)13(11)14(17)16(8-7-15)9-10-18-3/h4-6H,7-10,15H2,1-3H3. The lowest BCUT2D eigenvalue weighted by Crippen LogP contribution is -2.38. The van der Waals surface area contributed by atoms with Crippen molar-refractivity contribution >= 4 is 5.91 Å². The van der Waals surface area contributed by atoms with Crippen molar-refractivity contribution in [2.75, 3.05) is 33.4 Å². The fourth-order valence-corrected chi connectivity index (χ4v) is 1.98. The van der Waals surface area contributed by atoms with Gasteiger partial charge < -0.3 is 15.4 Å². The molecule has 0 radical (unpaired) electrons. The lowest BCUT2D eigenvalue weighted by atomic mass is 10.0. The van der Waals surface area contributed by atoms with Crippen LogP contribution in [0.3, 0.4) is 0 Å². The third kappa shape index (κ3) is 3.55. The maximum Gasteiger partial charge on any atom is 0.254 e. The quantitative estimate of drug-likeness (QED) is 0.829. The van der Waals surface area contributed by atoms with Crippen LogP contribution in [0.25, 0.3) is 0 Å². The van der Waals surface area contributed by atoms with Crippen LogP contribution in [-0.4, -0.2) is 44.2 Å². The highest BCUT2D eigenvalue weighted by Gasteiger charge is 2.18. The SMILES string of the molecule is COCCN(CCN)C(=O)c1c(C)cccc1C. The van der Waals surface area contributed by atoms with E-state index < -0.39 is 0 Å². The molecule has 0 aliphatic heterocycles. The van der Waals surface area contributed by atoms with Gasteiger partial charge in [-0.3, -0.25) is 4.79 Å². The van der Waals surface area contributed by atoms with Gasteiger partial charge in [-0.2, -0.15) is 0 Å². The van der Waals surface area contributed by atoms with E-state index in [9.17, 15) is 4.79 Å². The number of carbonyl (C=O) groups is 1. The normalized spacial score (nSPS) is 10.4. The average molecular weight is 250 g/mol. The summed E-state index contributed by atoms with van der Waals surface area (Å²) in [5.41, 5.74) is 8.34. The van der Waals surface area contributed by atoms with Gasteiger partial charge in [0.2, 0.25) is 0 Å². The van der Waals surface area contributed by atoms with Crippen molar-refractivity contribution in [2.45, 2.75) is 13.8 Å². The first kappa shape index (κ1) is 14.7. The van der Waals surface area contributed by atoms with Gasteiger partial charge in [-0.15, -0.1) is 0 Å². The van der Waals surface area contributed by atoms with E-state index in [-0.39, 0.29) is 5.91 Å². The fourth-order valence-electron chi connectivity index (χ4n) is 1.98. The first-order valence-electron chi connectivity index (χ1n) is 6.16. The zero-order chi connectivity index (χ0) is 13.5. The molecule has 18 heavy (non-hydrogen) atoms. The molecule has 0 atom stereocenters. The summed E-state index contributed by atoms with van der Waals surface area (Å²) in [6.45, 7) is 6.02. The summed E-state index contributed by atoms with van der Waals surface area (Å²) >= 11 is 0. The van der Waals surface area contributed by atoms with Gasteiger partial charge in [-0.05, 0) is 25.0 Å². The molecule has 0 aromatic heterocycles. The largest absolute Gasteiger partial charge is 0.383 e. The van der Waals surface area contributed by atoms with Gasteiger partial charge in [0.05, 0.1) is 6.61 Å². The highest BCUT2D eigenvalue weighted by atomic mass is 16.5. The Hall–Kier alpha value is -1.39. The Morgan fingerprint density at radius 1 is 1.28 bits per heavy atom. The molecule has 0 fully saturated rings. The van der Waals surface area contributed by atoms with E-state index in [1.54, 1.807) is 12.0 Å². The molecule has 4 nitrogen and oxygen atoms in total. The molecule has 4 heteroatoms. The Kier molecular flexibility index (Phi) is 5.82. The van der Waals surface area contributed by atoms with Crippen molar-refractivity contribution in [3.05, 3.63) is 34.9 Å². The van der Waals surface area contributed by atoms with E-state index in [0.717, 1.165) is 16.7 Å². The first-order chi connectivity index (χ1) is 8.61. The predicted molar refractivity (Wildman–Crippen MR) is 72.7 cm³/mol. The second-order valence-corrected chi connectivity index (χ2v) is 4.34. The molecule has 1 aromatic rings. The van der Waals surface area contributed by atoms with E-state index in [1.807, 2.05) is 32.0 Å². The van der Waals surface area contributed by atoms with Crippen LogP contribution in [0.1, 0.15) is 21.5 Å². The number of hydrogen-bond acceptors (Lipinski definition) is 3. The van der Waals surface area contributed by atoms with Crippen LogP contribution in [0.15, 0.2) is 18.2 Å². The molecule has 0 heterocycles. The van der Waals surface area contributed by atoms with Crippen molar-refractivity contribution in [2.24, 2.45) is 5.73 Å². The number of aryl methyl sites for hydroxylation is 2. The molecule has 0 bridgehead atoms. The summed E-state index contributed by atoms with van der Waals surface area (Å²) in [5, 5.41) is 0. The van der Waals surface area contributed by atoms with E-state index >= 15 is 0 Å². The Morgan fingerprint density at radius 2 is 1.89 bits per heavy atom. The van der Waals surface area contributed by atoms with E-state index in [1.165, 1.54) is 0 Å². The zero-order valence-electron chi connectivity index (χ0n) is 11.4.